The summed E-state index contributed by atoms with van der Waals surface area (Å²) in [6, 6.07) is 0. The van der Waals surface area contributed by atoms with Gasteiger partial charge in [-0.05, 0) is 19.3 Å². The summed E-state index contributed by atoms with van der Waals surface area (Å²) >= 11 is 2.24. The molecule has 0 bridgehead atoms. The van der Waals surface area contributed by atoms with Crippen LogP contribution < -0.4 is 0 Å². The summed E-state index contributed by atoms with van der Waals surface area (Å²) in [4.78, 5) is 0. The van der Waals surface area contributed by atoms with Crippen molar-refractivity contribution in [1.82, 2.24) is 0 Å². The van der Waals surface area contributed by atoms with Gasteiger partial charge in [-0.15, -0.1) is 0 Å². The Morgan fingerprint density at radius 3 is 2.43 bits per heavy atom. The van der Waals surface area contributed by atoms with Gasteiger partial charge in [0.25, 0.3) is 0 Å². The molecule has 0 atom stereocenters. The molecule has 1 aliphatic rings. The first-order valence-corrected chi connectivity index (χ1v) is 4.13. The van der Waals surface area contributed by atoms with Crippen LogP contribution in [-0.2, 0) is 4.74 Å². The van der Waals surface area contributed by atoms with E-state index in [2.05, 4.69) is 22.6 Å². The SMILES string of the molecule is ICOC1CCC1. The van der Waals surface area contributed by atoms with Crippen LogP contribution in [0.3, 0.4) is 0 Å². The zero-order chi connectivity index (χ0) is 5.11. The van der Waals surface area contributed by atoms with Crippen LogP contribution in [0.2, 0.25) is 0 Å². The zero-order valence-corrected chi connectivity index (χ0v) is 6.35. The first-order valence-electron chi connectivity index (χ1n) is 2.61. The Kier molecular flexibility index (Phi) is 2.38. The molecule has 7 heavy (non-hydrogen) atoms. The molecule has 1 saturated carbocycles. The Balaban J connectivity index is 1.93. The van der Waals surface area contributed by atoms with E-state index in [0.717, 1.165) is 4.61 Å². The van der Waals surface area contributed by atoms with Crippen LogP contribution in [0.4, 0.5) is 0 Å². The molecule has 0 heterocycles. The van der Waals surface area contributed by atoms with Crippen LogP contribution in [0.5, 0.6) is 0 Å². The number of hydrogen-bond acceptors (Lipinski definition) is 1. The van der Waals surface area contributed by atoms with Crippen molar-refractivity contribution in [1.29, 1.82) is 0 Å². The quantitative estimate of drug-likeness (QED) is 0.502. The van der Waals surface area contributed by atoms with E-state index in [9.17, 15) is 0 Å². The highest BCUT2D eigenvalue weighted by atomic mass is 127. The molecule has 0 unspecified atom stereocenters. The summed E-state index contributed by atoms with van der Waals surface area (Å²) in [5.41, 5.74) is 0. The summed E-state index contributed by atoms with van der Waals surface area (Å²) in [7, 11) is 0. The second-order valence-corrected chi connectivity index (χ2v) is 2.45. The average Bonchev–Trinajstić information content (AvgIpc) is 1.55. The van der Waals surface area contributed by atoms with E-state index >= 15 is 0 Å². The van der Waals surface area contributed by atoms with Gasteiger partial charge in [0.2, 0.25) is 0 Å². The highest BCUT2D eigenvalue weighted by Crippen LogP contribution is 2.21. The second-order valence-electron chi connectivity index (χ2n) is 1.83. The fraction of sp³-hybridized carbons (Fsp3) is 1.00. The minimum Gasteiger partial charge on any atom is -0.368 e. The van der Waals surface area contributed by atoms with Gasteiger partial charge in [-0.2, -0.15) is 0 Å². The molecule has 0 saturated heterocycles. The molecular formula is C5H9IO. The standard InChI is InChI=1S/C5H9IO/c6-4-7-5-2-1-3-5/h5H,1-4H2. The molecule has 0 aromatic heterocycles. The van der Waals surface area contributed by atoms with Crippen LogP contribution in [0.25, 0.3) is 0 Å². The van der Waals surface area contributed by atoms with Crippen LogP contribution >= 0.6 is 22.6 Å². The molecule has 0 radical (unpaired) electrons. The number of hydrogen-bond donors (Lipinski definition) is 0. The maximum absolute atomic E-state index is 5.26. The van der Waals surface area contributed by atoms with E-state index in [-0.39, 0.29) is 0 Å². The van der Waals surface area contributed by atoms with Crippen molar-refractivity contribution in [3.8, 4) is 0 Å². The molecular weight excluding hydrogens is 203 g/mol. The zero-order valence-electron chi connectivity index (χ0n) is 4.19. The molecule has 2 heteroatoms. The Morgan fingerprint density at radius 2 is 2.29 bits per heavy atom. The van der Waals surface area contributed by atoms with E-state index < -0.39 is 0 Å². The Hall–Kier alpha value is 0.690. The third-order valence-corrected chi connectivity index (χ3v) is 1.71. The maximum atomic E-state index is 5.26. The predicted molar refractivity (Wildman–Crippen MR) is 37.6 cm³/mol. The van der Waals surface area contributed by atoms with E-state index in [4.69, 9.17) is 4.74 Å². The van der Waals surface area contributed by atoms with Gasteiger partial charge in [-0.3, -0.25) is 0 Å². The Labute approximate surface area is 57.6 Å². The first-order chi connectivity index (χ1) is 3.43. The van der Waals surface area contributed by atoms with Crippen molar-refractivity contribution in [2.24, 2.45) is 0 Å². The summed E-state index contributed by atoms with van der Waals surface area (Å²) in [6.07, 6.45) is 4.59. The monoisotopic (exact) mass is 212 g/mol. The number of alkyl halides is 1. The number of halogens is 1. The van der Waals surface area contributed by atoms with Crippen LogP contribution in [0, 0.1) is 0 Å². The van der Waals surface area contributed by atoms with Crippen molar-refractivity contribution in [2.45, 2.75) is 25.4 Å². The molecule has 1 fully saturated rings. The van der Waals surface area contributed by atoms with Gasteiger partial charge in [0.05, 0.1) is 10.7 Å². The lowest BCUT2D eigenvalue weighted by Gasteiger charge is -2.23. The summed E-state index contributed by atoms with van der Waals surface area (Å²) in [6.45, 7) is 0. The lowest BCUT2D eigenvalue weighted by molar-refractivity contribution is 0.0363. The molecule has 0 aromatic carbocycles. The fourth-order valence-corrected chi connectivity index (χ4v) is 1.14. The van der Waals surface area contributed by atoms with Crippen molar-refractivity contribution in [3.63, 3.8) is 0 Å². The lowest BCUT2D eigenvalue weighted by atomic mass is 9.96. The van der Waals surface area contributed by atoms with Gasteiger partial charge in [0, 0.05) is 0 Å². The molecule has 0 aliphatic heterocycles. The summed E-state index contributed by atoms with van der Waals surface area (Å²) in [5, 5.41) is 0. The molecule has 42 valence electrons. The predicted octanol–water partition coefficient (Wildman–Crippen LogP) is 1.95. The van der Waals surface area contributed by atoms with Gasteiger partial charge in [0.1, 0.15) is 0 Å². The minimum absolute atomic E-state index is 0.622. The lowest BCUT2D eigenvalue weighted by Crippen LogP contribution is -2.20. The molecule has 0 N–H and O–H groups in total. The first kappa shape index (κ1) is 5.82. The summed E-state index contributed by atoms with van der Waals surface area (Å²) in [5.74, 6) is 0. The van der Waals surface area contributed by atoms with Crippen molar-refractivity contribution in [2.75, 3.05) is 4.61 Å². The molecule has 1 nitrogen and oxygen atoms in total. The smallest absolute Gasteiger partial charge is 0.0983 e. The topological polar surface area (TPSA) is 9.23 Å². The fourth-order valence-electron chi connectivity index (χ4n) is 0.627. The highest BCUT2D eigenvalue weighted by molar-refractivity contribution is 14.1. The number of rotatable bonds is 2. The van der Waals surface area contributed by atoms with E-state index in [1.54, 1.807) is 0 Å². The highest BCUT2D eigenvalue weighted by Gasteiger charge is 2.16. The van der Waals surface area contributed by atoms with Crippen LogP contribution in [0.15, 0.2) is 0 Å². The second kappa shape index (κ2) is 2.87. The minimum atomic E-state index is 0.622. The van der Waals surface area contributed by atoms with Crippen LogP contribution in [0.1, 0.15) is 19.3 Å². The summed E-state index contributed by atoms with van der Waals surface area (Å²) < 4.78 is 6.13. The van der Waals surface area contributed by atoms with Crippen LogP contribution in [-0.4, -0.2) is 10.7 Å². The van der Waals surface area contributed by atoms with Gasteiger partial charge < -0.3 is 4.74 Å². The third kappa shape index (κ3) is 1.57. The Morgan fingerprint density at radius 1 is 1.57 bits per heavy atom. The van der Waals surface area contributed by atoms with E-state index in [1.807, 2.05) is 0 Å². The molecule has 1 rings (SSSR count). The van der Waals surface area contributed by atoms with Gasteiger partial charge >= 0.3 is 0 Å². The molecule has 0 spiro atoms. The third-order valence-electron chi connectivity index (χ3n) is 1.35. The van der Waals surface area contributed by atoms with Gasteiger partial charge in [0.15, 0.2) is 0 Å². The van der Waals surface area contributed by atoms with E-state index in [1.165, 1.54) is 19.3 Å². The van der Waals surface area contributed by atoms with E-state index in [0.29, 0.717) is 6.10 Å². The van der Waals surface area contributed by atoms with Crippen molar-refractivity contribution < 1.29 is 4.74 Å². The van der Waals surface area contributed by atoms with Crippen molar-refractivity contribution >= 4 is 22.6 Å². The van der Waals surface area contributed by atoms with Crippen molar-refractivity contribution in [3.05, 3.63) is 0 Å². The molecule has 0 aromatic rings. The number of ether oxygens (including phenoxy) is 1. The van der Waals surface area contributed by atoms with Gasteiger partial charge in [-0.1, -0.05) is 22.6 Å². The average molecular weight is 212 g/mol. The largest absolute Gasteiger partial charge is 0.368 e. The molecule has 1 aliphatic carbocycles. The molecule has 0 amide bonds. The Bertz CT molecular complexity index is 52.0. The maximum Gasteiger partial charge on any atom is 0.0983 e. The van der Waals surface area contributed by atoms with Gasteiger partial charge in [-0.25, -0.2) is 0 Å². The normalized spacial score (nSPS) is 21.9.